The molecule has 0 amide bonds. The van der Waals surface area contributed by atoms with E-state index in [4.69, 9.17) is 0 Å². The number of carbonyl (C=O) groups excluding carboxylic acids is 2. The third-order valence-electron chi connectivity index (χ3n) is 2.43. The maximum Gasteiger partial charge on any atom is 0.129 e. The molecule has 0 atom stereocenters. The van der Waals surface area contributed by atoms with Crippen molar-refractivity contribution in [3.8, 4) is 0 Å². The molecule has 0 saturated carbocycles. The van der Waals surface area contributed by atoms with Gasteiger partial charge in [0.05, 0.1) is 5.97 Å². The van der Waals surface area contributed by atoms with Gasteiger partial charge in [0.1, 0.15) is 6.29 Å². The SMILES string of the molecule is Cc1cccc(C(=O)[O-])c1C(C)(C)C=O. The van der Waals surface area contributed by atoms with Crippen LogP contribution in [-0.2, 0) is 10.2 Å². The van der Waals surface area contributed by atoms with E-state index in [1.165, 1.54) is 6.07 Å². The Morgan fingerprint density at radius 2 is 2.00 bits per heavy atom. The molecule has 0 unspecified atom stereocenters. The lowest BCUT2D eigenvalue weighted by atomic mass is 9.80. The lowest BCUT2D eigenvalue weighted by Gasteiger charge is -2.24. The van der Waals surface area contributed by atoms with Crippen LogP contribution in [0.3, 0.4) is 0 Å². The van der Waals surface area contributed by atoms with Crippen molar-refractivity contribution >= 4 is 12.3 Å². The Bertz CT molecular complexity index is 405. The third kappa shape index (κ3) is 2.06. The first-order valence-electron chi connectivity index (χ1n) is 4.68. The van der Waals surface area contributed by atoms with Gasteiger partial charge in [0.25, 0.3) is 0 Å². The topological polar surface area (TPSA) is 57.2 Å². The van der Waals surface area contributed by atoms with Gasteiger partial charge < -0.3 is 14.7 Å². The lowest BCUT2D eigenvalue weighted by Crippen LogP contribution is -2.30. The standard InChI is InChI=1S/C12H14O3/c1-8-5-4-6-9(11(14)15)10(8)12(2,3)7-13/h4-7H,1-3H3,(H,14,15)/p-1. The van der Waals surface area contributed by atoms with Crippen LogP contribution in [0.4, 0.5) is 0 Å². The second-order valence-corrected chi connectivity index (χ2v) is 4.12. The quantitative estimate of drug-likeness (QED) is 0.687. The van der Waals surface area contributed by atoms with Crippen LogP contribution in [0.2, 0.25) is 0 Å². The molecule has 3 nitrogen and oxygen atoms in total. The van der Waals surface area contributed by atoms with Gasteiger partial charge in [-0.3, -0.25) is 0 Å². The average Bonchev–Trinajstić information content (AvgIpc) is 2.17. The van der Waals surface area contributed by atoms with Gasteiger partial charge in [-0.25, -0.2) is 0 Å². The zero-order chi connectivity index (χ0) is 11.6. The highest BCUT2D eigenvalue weighted by Gasteiger charge is 2.24. The van der Waals surface area contributed by atoms with Gasteiger partial charge in [-0.15, -0.1) is 0 Å². The molecule has 0 aliphatic rings. The largest absolute Gasteiger partial charge is 0.545 e. The number of benzene rings is 1. The summed E-state index contributed by atoms with van der Waals surface area (Å²) in [6, 6.07) is 4.89. The van der Waals surface area contributed by atoms with Crippen molar-refractivity contribution in [1.29, 1.82) is 0 Å². The Labute approximate surface area is 88.7 Å². The molecule has 0 N–H and O–H groups in total. The second kappa shape index (κ2) is 3.85. The van der Waals surface area contributed by atoms with E-state index < -0.39 is 11.4 Å². The molecule has 0 bridgehead atoms. The van der Waals surface area contributed by atoms with Crippen LogP contribution in [-0.4, -0.2) is 12.3 Å². The van der Waals surface area contributed by atoms with E-state index in [0.717, 1.165) is 11.8 Å². The zero-order valence-electron chi connectivity index (χ0n) is 9.03. The fourth-order valence-electron chi connectivity index (χ4n) is 1.75. The number of aromatic carboxylic acids is 1. The van der Waals surface area contributed by atoms with Crippen LogP contribution in [0.5, 0.6) is 0 Å². The zero-order valence-corrected chi connectivity index (χ0v) is 9.03. The fraction of sp³-hybridized carbons (Fsp3) is 0.333. The van der Waals surface area contributed by atoms with Crippen molar-refractivity contribution in [2.75, 3.05) is 0 Å². The van der Waals surface area contributed by atoms with Crippen LogP contribution >= 0.6 is 0 Å². The maximum atomic E-state index is 10.9. The van der Waals surface area contributed by atoms with Crippen molar-refractivity contribution in [2.45, 2.75) is 26.2 Å². The summed E-state index contributed by atoms with van der Waals surface area (Å²) in [7, 11) is 0. The first-order chi connectivity index (χ1) is 6.90. The van der Waals surface area contributed by atoms with E-state index in [-0.39, 0.29) is 5.56 Å². The Morgan fingerprint density at radius 1 is 1.40 bits per heavy atom. The molecule has 3 heteroatoms. The van der Waals surface area contributed by atoms with E-state index in [1.807, 2.05) is 0 Å². The van der Waals surface area contributed by atoms with Crippen molar-refractivity contribution in [3.05, 3.63) is 34.9 Å². The Hall–Kier alpha value is -1.64. The van der Waals surface area contributed by atoms with E-state index in [9.17, 15) is 14.7 Å². The first-order valence-corrected chi connectivity index (χ1v) is 4.68. The monoisotopic (exact) mass is 205 g/mol. The number of aldehydes is 1. The summed E-state index contributed by atoms with van der Waals surface area (Å²) in [5, 5.41) is 10.9. The summed E-state index contributed by atoms with van der Waals surface area (Å²) in [6.07, 6.45) is 0.752. The van der Waals surface area contributed by atoms with Crippen LogP contribution in [0, 0.1) is 6.92 Å². The molecule has 15 heavy (non-hydrogen) atoms. The molecule has 0 aliphatic heterocycles. The summed E-state index contributed by atoms with van der Waals surface area (Å²) in [5.74, 6) is -1.25. The van der Waals surface area contributed by atoms with Crippen molar-refractivity contribution in [1.82, 2.24) is 0 Å². The number of aryl methyl sites for hydroxylation is 1. The predicted octanol–water partition coefficient (Wildman–Crippen LogP) is 0.835. The highest BCUT2D eigenvalue weighted by atomic mass is 16.4. The summed E-state index contributed by atoms with van der Waals surface area (Å²) in [5.41, 5.74) is 0.599. The second-order valence-electron chi connectivity index (χ2n) is 4.12. The van der Waals surface area contributed by atoms with Crippen molar-refractivity contribution in [3.63, 3.8) is 0 Å². The summed E-state index contributed by atoms with van der Waals surface area (Å²) >= 11 is 0. The van der Waals surface area contributed by atoms with Gasteiger partial charge in [0.2, 0.25) is 0 Å². The molecular formula is C12H13O3-. The smallest absolute Gasteiger partial charge is 0.129 e. The number of hydrogen-bond acceptors (Lipinski definition) is 3. The fourth-order valence-corrected chi connectivity index (χ4v) is 1.75. The molecule has 0 spiro atoms. The van der Waals surface area contributed by atoms with Crippen LogP contribution in [0.1, 0.15) is 35.3 Å². The van der Waals surface area contributed by atoms with Gasteiger partial charge in [0, 0.05) is 11.0 Å². The maximum absolute atomic E-state index is 10.9. The van der Waals surface area contributed by atoms with Gasteiger partial charge in [-0.05, 0) is 31.9 Å². The normalized spacial score (nSPS) is 11.1. The van der Waals surface area contributed by atoms with Gasteiger partial charge in [-0.2, -0.15) is 0 Å². The Kier molecular flexibility index (Phi) is 2.93. The minimum atomic E-state index is -1.25. The first kappa shape index (κ1) is 11.4. The molecule has 0 aliphatic carbocycles. The highest BCUT2D eigenvalue weighted by Crippen LogP contribution is 2.27. The van der Waals surface area contributed by atoms with Gasteiger partial charge in [0.15, 0.2) is 0 Å². The van der Waals surface area contributed by atoms with Crippen LogP contribution < -0.4 is 5.11 Å². The van der Waals surface area contributed by atoms with Crippen molar-refractivity contribution < 1.29 is 14.7 Å². The summed E-state index contributed by atoms with van der Waals surface area (Å²) < 4.78 is 0. The summed E-state index contributed by atoms with van der Waals surface area (Å²) in [4.78, 5) is 21.9. The van der Waals surface area contributed by atoms with E-state index in [0.29, 0.717) is 5.56 Å². The van der Waals surface area contributed by atoms with Crippen LogP contribution in [0.25, 0.3) is 0 Å². The van der Waals surface area contributed by atoms with Crippen LogP contribution in [0.15, 0.2) is 18.2 Å². The summed E-state index contributed by atoms with van der Waals surface area (Å²) in [6.45, 7) is 5.16. The molecular weight excluding hydrogens is 192 g/mol. The lowest BCUT2D eigenvalue weighted by molar-refractivity contribution is -0.255. The minimum Gasteiger partial charge on any atom is -0.545 e. The van der Waals surface area contributed by atoms with Crippen molar-refractivity contribution in [2.24, 2.45) is 0 Å². The van der Waals surface area contributed by atoms with E-state index in [2.05, 4.69) is 0 Å². The Balaban J connectivity index is 3.50. The number of hydrogen-bond donors (Lipinski definition) is 0. The molecule has 1 rings (SSSR count). The molecule has 0 fully saturated rings. The molecule has 1 aromatic rings. The number of carboxylic acid groups (broad SMARTS) is 1. The highest BCUT2D eigenvalue weighted by molar-refractivity contribution is 5.90. The van der Waals surface area contributed by atoms with Gasteiger partial charge in [-0.1, -0.05) is 18.2 Å². The number of rotatable bonds is 3. The average molecular weight is 205 g/mol. The van der Waals surface area contributed by atoms with E-state index >= 15 is 0 Å². The number of carboxylic acids is 1. The Morgan fingerprint density at radius 3 is 2.47 bits per heavy atom. The van der Waals surface area contributed by atoms with Gasteiger partial charge >= 0.3 is 0 Å². The molecule has 1 aromatic carbocycles. The predicted molar refractivity (Wildman–Crippen MR) is 54.6 cm³/mol. The molecule has 0 heterocycles. The molecule has 0 aromatic heterocycles. The molecule has 0 saturated heterocycles. The minimum absolute atomic E-state index is 0.0899. The van der Waals surface area contributed by atoms with E-state index in [1.54, 1.807) is 32.9 Å². The number of carbonyl (C=O) groups is 2. The molecule has 0 radical (unpaired) electrons. The molecule has 80 valence electrons. The third-order valence-corrected chi connectivity index (χ3v) is 2.43.